The topological polar surface area (TPSA) is 93.7 Å². The van der Waals surface area contributed by atoms with E-state index in [0.717, 1.165) is 4.57 Å². The molecule has 1 N–H and O–H groups in total. The van der Waals surface area contributed by atoms with Crippen LogP contribution < -0.4 is 21.0 Å². The van der Waals surface area contributed by atoms with Gasteiger partial charge in [0.15, 0.2) is 0 Å². The van der Waals surface area contributed by atoms with Crippen LogP contribution in [-0.2, 0) is 18.8 Å². The summed E-state index contributed by atoms with van der Waals surface area (Å²) >= 11 is 0. The van der Waals surface area contributed by atoms with Gasteiger partial charge in [-0.3, -0.25) is 4.79 Å². The number of nitrogens with zero attached hydrogens (tertiary/aromatic N) is 2. The van der Waals surface area contributed by atoms with Crippen LogP contribution in [0.4, 0.5) is 0 Å². The average molecular weight is 412 g/mol. The highest BCUT2D eigenvalue weighted by Crippen LogP contribution is 2.31. The molecule has 0 saturated heterocycles. The molecule has 3 aromatic rings. The number of aromatic amines is 1. The molecule has 8 nitrogen and oxygen atoms in total. The maximum atomic E-state index is 13.1. The number of carbonyl (C=O) groups is 1. The first-order valence-electron chi connectivity index (χ1n) is 9.64. The Balaban J connectivity index is 2.45. The Kier molecular flexibility index (Phi) is 5.78. The summed E-state index contributed by atoms with van der Waals surface area (Å²) in [7, 11) is 4.55. The summed E-state index contributed by atoms with van der Waals surface area (Å²) in [5.41, 5.74) is 1.23. The van der Waals surface area contributed by atoms with Crippen molar-refractivity contribution in [1.82, 2.24) is 9.13 Å². The molecule has 0 aliphatic rings. The van der Waals surface area contributed by atoms with Gasteiger partial charge in [-0.25, -0.2) is 19.1 Å². The molecule has 158 valence electrons. The lowest BCUT2D eigenvalue weighted by atomic mass is 9.95. The van der Waals surface area contributed by atoms with Gasteiger partial charge in [-0.2, -0.15) is 4.57 Å². The maximum absolute atomic E-state index is 13.1. The van der Waals surface area contributed by atoms with Crippen LogP contribution in [0.2, 0.25) is 0 Å². The minimum Gasteiger partial charge on any atom is -0.497 e. The van der Waals surface area contributed by atoms with E-state index in [-0.39, 0.29) is 23.5 Å². The van der Waals surface area contributed by atoms with Crippen LogP contribution in [0, 0.1) is 12.8 Å². The Hall–Kier alpha value is -3.42. The zero-order valence-corrected chi connectivity index (χ0v) is 18.0. The highest BCUT2D eigenvalue weighted by Gasteiger charge is 2.29. The minimum atomic E-state index is -0.527. The number of aryl methyl sites for hydroxylation is 2. The summed E-state index contributed by atoms with van der Waals surface area (Å²) in [6, 6.07) is 7.05. The molecule has 0 aliphatic carbocycles. The van der Waals surface area contributed by atoms with Gasteiger partial charge in [-0.15, -0.1) is 0 Å². The van der Waals surface area contributed by atoms with Crippen molar-refractivity contribution in [2.45, 2.75) is 20.8 Å². The number of ether oxygens (including phenoxy) is 2. The van der Waals surface area contributed by atoms with Crippen molar-refractivity contribution in [3.8, 4) is 16.9 Å². The van der Waals surface area contributed by atoms with Crippen molar-refractivity contribution in [3.05, 3.63) is 56.4 Å². The first kappa shape index (κ1) is 21.3. The smallest absolute Gasteiger partial charge is 0.417 e. The maximum Gasteiger partial charge on any atom is 0.417 e. The predicted molar refractivity (Wildman–Crippen MR) is 113 cm³/mol. The lowest BCUT2D eigenvalue weighted by molar-refractivity contribution is -0.359. The second-order valence-electron chi connectivity index (χ2n) is 7.65. The van der Waals surface area contributed by atoms with E-state index in [1.807, 2.05) is 13.8 Å². The number of benzene rings is 1. The number of rotatable bonds is 5. The minimum absolute atomic E-state index is 0.164. The van der Waals surface area contributed by atoms with E-state index in [9.17, 15) is 14.4 Å². The molecule has 0 saturated carbocycles. The number of methoxy groups -OCH3 is 1. The molecule has 2 aromatic heterocycles. The molecular formula is C22H26N3O5+. The number of esters is 1. The Morgan fingerprint density at radius 3 is 2.30 bits per heavy atom. The lowest BCUT2D eigenvalue weighted by Gasteiger charge is -2.15. The molecule has 0 fully saturated rings. The van der Waals surface area contributed by atoms with Crippen LogP contribution >= 0.6 is 0 Å². The molecule has 0 amide bonds. The fraction of sp³-hybridized carbons (Fsp3) is 0.364. The van der Waals surface area contributed by atoms with Gasteiger partial charge in [0.1, 0.15) is 22.4 Å². The van der Waals surface area contributed by atoms with E-state index >= 15 is 0 Å². The third kappa shape index (κ3) is 3.60. The van der Waals surface area contributed by atoms with Crippen molar-refractivity contribution in [1.29, 1.82) is 0 Å². The summed E-state index contributed by atoms with van der Waals surface area (Å²) in [6.07, 6.45) is 0. The first-order valence-corrected chi connectivity index (χ1v) is 9.64. The van der Waals surface area contributed by atoms with Gasteiger partial charge in [-0.05, 0) is 30.5 Å². The molecule has 0 aliphatic heterocycles. The Morgan fingerprint density at radius 2 is 1.73 bits per heavy atom. The Bertz CT molecular complexity index is 1240. The van der Waals surface area contributed by atoms with E-state index < -0.39 is 17.2 Å². The molecule has 0 atom stereocenters. The normalized spacial score (nSPS) is 11.2. The third-order valence-corrected chi connectivity index (χ3v) is 4.98. The molecule has 0 radical (unpaired) electrons. The number of fused-ring (bicyclic) bond motifs is 1. The first-order chi connectivity index (χ1) is 14.2. The summed E-state index contributed by atoms with van der Waals surface area (Å²) in [6.45, 7) is 5.87. The fourth-order valence-electron chi connectivity index (χ4n) is 3.38. The average Bonchev–Trinajstić information content (AvgIpc) is 2.73. The summed E-state index contributed by atoms with van der Waals surface area (Å²) in [4.78, 5) is 41.7. The van der Waals surface area contributed by atoms with Crippen molar-refractivity contribution in [3.63, 3.8) is 0 Å². The quantitative estimate of drug-likeness (QED) is 0.596. The fourth-order valence-corrected chi connectivity index (χ4v) is 3.38. The van der Waals surface area contributed by atoms with Gasteiger partial charge in [0.2, 0.25) is 0 Å². The molecule has 30 heavy (non-hydrogen) atoms. The summed E-state index contributed by atoms with van der Waals surface area (Å²) in [5, 5.41) is 0.242. The highest BCUT2D eigenvalue weighted by molar-refractivity contribution is 6.05. The van der Waals surface area contributed by atoms with Gasteiger partial charge < -0.3 is 9.47 Å². The number of carbonyl (C=O) groups excluding carboxylic acids is 1. The van der Waals surface area contributed by atoms with Crippen LogP contribution in [0.25, 0.3) is 22.2 Å². The zero-order chi connectivity index (χ0) is 22.2. The number of aromatic nitrogens is 3. The van der Waals surface area contributed by atoms with E-state index in [1.54, 1.807) is 45.3 Å². The lowest BCUT2D eigenvalue weighted by Crippen LogP contribution is -2.40. The summed E-state index contributed by atoms with van der Waals surface area (Å²) in [5.74, 6) is 0.282. The van der Waals surface area contributed by atoms with Crippen LogP contribution in [0.1, 0.15) is 29.9 Å². The molecule has 8 heteroatoms. The van der Waals surface area contributed by atoms with E-state index in [2.05, 4.69) is 4.98 Å². The van der Waals surface area contributed by atoms with Crippen molar-refractivity contribution in [2.24, 2.45) is 20.0 Å². The second kappa shape index (κ2) is 8.14. The SMILES string of the molecule is COc1ccc(-c2c(C(=O)OCC(C)C)c(C)[nH+]c3c2c(=O)n(C)c(=O)n3C)cc1. The van der Waals surface area contributed by atoms with E-state index in [0.29, 0.717) is 28.2 Å². The number of H-pyrrole nitrogens is 1. The Morgan fingerprint density at radius 1 is 1.10 bits per heavy atom. The van der Waals surface area contributed by atoms with Gasteiger partial charge >= 0.3 is 11.7 Å². The molecule has 0 unspecified atom stereocenters. The third-order valence-electron chi connectivity index (χ3n) is 4.98. The predicted octanol–water partition coefficient (Wildman–Crippen LogP) is 1.85. The molecular weight excluding hydrogens is 386 g/mol. The monoisotopic (exact) mass is 412 g/mol. The largest absolute Gasteiger partial charge is 0.497 e. The molecule has 1 aromatic carbocycles. The molecule has 0 spiro atoms. The molecule has 0 bridgehead atoms. The second-order valence-corrected chi connectivity index (χ2v) is 7.65. The number of nitrogens with one attached hydrogen (secondary N) is 1. The van der Waals surface area contributed by atoms with Crippen LogP contribution in [0.15, 0.2) is 33.9 Å². The standard InChI is InChI=1S/C22H25N3O5/c1-12(2)11-30-21(27)16-13(3)23-19-18(20(26)25(5)22(28)24(19)4)17(16)14-7-9-15(29-6)10-8-14/h7-10,12H,11H2,1-6H3/p+1. The van der Waals surface area contributed by atoms with E-state index in [1.165, 1.54) is 11.6 Å². The van der Waals surface area contributed by atoms with Crippen molar-refractivity contribution < 1.29 is 19.3 Å². The van der Waals surface area contributed by atoms with Crippen LogP contribution in [0.3, 0.4) is 0 Å². The number of hydrogen-bond acceptors (Lipinski definition) is 5. The summed E-state index contributed by atoms with van der Waals surface area (Å²) < 4.78 is 13.1. The number of hydrogen-bond donors (Lipinski definition) is 0. The molecule has 2 heterocycles. The van der Waals surface area contributed by atoms with Gasteiger partial charge in [0, 0.05) is 12.6 Å². The van der Waals surface area contributed by atoms with Crippen molar-refractivity contribution >= 4 is 17.0 Å². The van der Waals surface area contributed by atoms with Gasteiger partial charge in [0.05, 0.1) is 20.8 Å². The Labute approximate surface area is 173 Å². The van der Waals surface area contributed by atoms with E-state index in [4.69, 9.17) is 9.47 Å². The highest BCUT2D eigenvalue weighted by atomic mass is 16.5. The zero-order valence-electron chi connectivity index (χ0n) is 18.0. The van der Waals surface area contributed by atoms with Gasteiger partial charge in [-0.1, -0.05) is 26.0 Å². The van der Waals surface area contributed by atoms with Crippen LogP contribution in [-0.4, -0.2) is 28.8 Å². The van der Waals surface area contributed by atoms with Crippen molar-refractivity contribution in [2.75, 3.05) is 13.7 Å². The van der Waals surface area contributed by atoms with Gasteiger partial charge in [0.25, 0.3) is 11.2 Å². The van der Waals surface area contributed by atoms with Crippen LogP contribution in [0.5, 0.6) is 5.75 Å². The molecule has 3 rings (SSSR count). The number of pyridine rings is 1.